The summed E-state index contributed by atoms with van der Waals surface area (Å²) >= 11 is 0. The predicted molar refractivity (Wildman–Crippen MR) is 60.9 cm³/mol. The van der Waals surface area contributed by atoms with Crippen LogP contribution in [0.3, 0.4) is 0 Å². The molecule has 96 valence electrons. The van der Waals surface area contributed by atoms with Crippen LogP contribution in [0.4, 0.5) is 24.5 Å². The summed E-state index contributed by atoms with van der Waals surface area (Å²) in [5.74, 6) is 0. The third-order valence-electron chi connectivity index (χ3n) is 2.26. The molecule has 0 saturated carbocycles. The molecule has 0 aromatic heterocycles. The van der Waals surface area contributed by atoms with Crippen molar-refractivity contribution in [1.29, 1.82) is 0 Å². The van der Waals surface area contributed by atoms with Gasteiger partial charge in [0.2, 0.25) is 0 Å². The van der Waals surface area contributed by atoms with Crippen molar-refractivity contribution in [3.05, 3.63) is 23.8 Å². The number of rotatable bonds is 4. The van der Waals surface area contributed by atoms with E-state index >= 15 is 0 Å². The maximum absolute atomic E-state index is 12.4. The minimum atomic E-state index is -4.33. The number of nitrogens with two attached hydrogens (primary N) is 1. The van der Waals surface area contributed by atoms with Gasteiger partial charge in [0.1, 0.15) is 6.54 Å². The van der Waals surface area contributed by atoms with Crippen LogP contribution in [0.2, 0.25) is 0 Å². The van der Waals surface area contributed by atoms with Crippen molar-refractivity contribution in [2.75, 3.05) is 30.3 Å². The number of hydrogen-bond donors (Lipinski definition) is 2. The van der Waals surface area contributed by atoms with Crippen molar-refractivity contribution < 1.29 is 18.3 Å². The predicted octanol–water partition coefficient (Wildman–Crippen LogP) is 1.94. The van der Waals surface area contributed by atoms with Crippen molar-refractivity contribution in [1.82, 2.24) is 0 Å². The molecule has 0 aliphatic heterocycles. The lowest BCUT2D eigenvalue weighted by Gasteiger charge is -2.26. The van der Waals surface area contributed by atoms with Crippen LogP contribution in [0.25, 0.3) is 0 Å². The summed E-state index contributed by atoms with van der Waals surface area (Å²) in [6.45, 7) is 0.220. The Bertz CT molecular complexity index is 379. The lowest BCUT2D eigenvalue weighted by Crippen LogP contribution is -2.36. The molecule has 17 heavy (non-hydrogen) atoms. The fourth-order valence-electron chi connectivity index (χ4n) is 1.58. The summed E-state index contributed by atoms with van der Waals surface area (Å²) in [5.41, 5.74) is 7.13. The minimum absolute atomic E-state index is 0.104. The van der Waals surface area contributed by atoms with Crippen LogP contribution < -0.4 is 10.6 Å². The van der Waals surface area contributed by atoms with Crippen LogP contribution in [0.5, 0.6) is 0 Å². The normalized spacial score (nSPS) is 11.6. The van der Waals surface area contributed by atoms with Crippen LogP contribution in [0.1, 0.15) is 5.56 Å². The topological polar surface area (TPSA) is 49.5 Å². The molecule has 0 amide bonds. The zero-order valence-electron chi connectivity index (χ0n) is 9.46. The molecule has 0 aliphatic carbocycles. The molecule has 1 rings (SSSR count). The lowest BCUT2D eigenvalue weighted by molar-refractivity contribution is -0.119. The highest BCUT2D eigenvalue weighted by molar-refractivity contribution is 5.68. The molecule has 0 spiro atoms. The van der Waals surface area contributed by atoms with Gasteiger partial charge in [-0.15, -0.1) is 0 Å². The van der Waals surface area contributed by atoms with E-state index in [0.29, 0.717) is 5.69 Å². The van der Waals surface area contributed by atoms with Crippen LogP contribution in [-0.4, -0.2) is 31.0 Å². The molecule has 3 N–H and O–H groups in total. The second-order valence-corrected chi connectivity index (χ2v) is 3.82. The molecule has 0 fully saturated rings. The maximum Gasteiger partial charge on any atom is 0.405 e. The van der Waals surface area contributed by atoms with Gasteiger partial charge < -0.3 is 15.7 Å². The first-order valence-electron chi connectivity index (χ1n) is 5.12. The van der Waals surface area contributed by atoms with Crippen LogP contribution in [-0.2, 0) is 0 Å². The summed E-state index contributed by atoms with van der Waals surface area (Å²) in [4.78, 5) is 1.02. The van der Waals surface area contributed by atoms with Gasteiger partial charge in [-0.05, 0) is 24.6 Å². The van der Waals surface area contributed by atoms with E-state index in [0.717, 1.165) is 10.5 Å². The van der Waals surface area contributed by atoms with E-state index in [1.54, 1.807) is 19.1 Å². The SMILES string of the molecule is Cc1ccc(N(CCO)CC(F)(F)F)c(N)c1. The van der Waals surface area contributed by atoms with Gasteiger partial charge in [-0.3, -0.25) is 0 Å². The summed E-state index contributed by atoms with van der Waals surface area (Å²) in [5, 5.41) is 8.79. The van der Waals surface area contributed by atoms with Gasteiger partial charge in [-0.1, -0.05) is 6.07 Å². The van der Waals surface area contributed by atoms with Gasteiger partial charge in [-0.25, -0.2) is 0 Å². The molecule has 0 atom stereocenters. The Morgan fingerprint density at radius 1 is 1.35 bits per heavy atom. The average molecular weight is 248 g/mol. The molecule has 6 heteroatoms. The molecule has 0 saturated heterocycles. The quantitative estimate of drug-likeness (QED) is 0.800. The highest BCUT2D eigenvalue weighted by atomic mass is 19.4. The van der Waals surface area contributed by atoms with Crippen molar-refractivity contribution >= 4 is 11.4 Å². The third kappa shape index (κ3) is 4.14. The fourth-order valence-corrected chi connectivity index (χ4v) is 1.58. The Balaban J connectivity index is 2.97. The van der Waals surface area contributed by atoms with Crippen LogP contribution in [0, 0.1) is 6.92 Å². The van der Waals surface area contributed by atoms with Gasteiger partial charge in [0.25, 0.3) is 0 Å². The molecule has 1 aromatic rings. The van der Waals surface area contributed by atoms with E-state index in [1.807, 2.05) is 0 Å². The molecule has 0 bridgehead atoms. The lowest BCUT2D eigenvalue weighted by atomic mass is 10.2. The zero-order valence-corrected chi connectivity index (χ0v) is 9.46. The number of anilines is 2. The largest absolute Gasteiger partial charge is 0.405 e. The van der Waals surface area contributed by atoms with E-state index in [9.17, 15) is 13.2 Å². The highest BCUT2D eigenvalue weighted by Crippen LogP contribution is 2.27. The highest BCUT2D eigenvalue weighted by Gasteiger charge is 2.31. The second-order valence-electron chi connectivity index (χ2n) is 3.82. The molecular formula is C11H15F3N2O. The second kappa shape index (κ2) is 5.27. The first kappa shape index (κ1) is 13.6. The van der Waals surface area contributed by atoms with E-state index in [1.165, 1.54) is 6.07 Å². The molecule has 0 unspecified atom stereocenters. The number of aliphatic hydroxyl groups excluding tert-OH is 1. The number of nitrogens with zero attached hydrogens (tertiary/aromatic N) is 1. The molecule has 0 heterocycles. The van der Waals surface area contributed by atoms with Gasteiger partial charge in [0.15, 0.2) is 0 Å². The molecule has 3 nitrogen and oxygen atoms in total. The molecular weight excluding hydrogens is 233 g/mol. The fraction of sp³-hybridized carbons (Fsp3) is 0.455. The number of benzene rings is 1. The number of nitrogen functional groups attached to an aromatic ring is 1. The van der Waals surface area contributed by atoms with E-state index in [4.69, 9.17) is 10.8 Å². The van der Waals surface area contributed by atoms with Crippen molar-refractivity contribution in [2.24, 2.45) is 0 Å². The zero-order chi connectivity index (χ0) is 13.1. The van der Waals surface area contributed by atoms with Crippen molar-refractivity contribution in [3.8, 4) is 0 Å². The van der Waals surface area contributed by atoms with Gasteiger partial charge in [-0.2, -0.15) is 13.2 Å². The number of halogens is 3. The summed E-state index contributed by atoms with van der Waals surface area (Å²) in [7, 11) is 0. The standard InChI is InChI=1S/C11H15F3N2O/c1-8-2-3-10(9(15)6-8)16(4-5-17)7-11(12,13)14/h2-3,6,17H,4-5,7,15H2,1H3. The van der Waals surface area contributed by atoms with Crippen molar-refractivity contribution in [3.63, 3.8) is 0 Å². The number of aryl methyl sites for hydroxylation is 1. The summed E-state index contributed by atoms with van der Waals surface area (Å²) < 4.78 is 37.1. The Labute approximate surface area is 97.6 Å². The monoisotopic (exact) mass is 248 g/mol. The minimum Gasteiger partial charge on any atom is -0.397 e. The summed E-state index contributed by atoms with van der Waals surface area (Å²) in [6.07, 6.45) is -4.33. The Morgan fingerprint density at radius 3 is 2.47 bits per heavy atom. The van der Waals surface area contributed by atoms with E-state index in [-0.39, 0.29) is 18.8 Å². The summed E-state index contributed by atoms with van der Waals surface area (Å²) in [6, 6.07) is 4.83. The number of aliphatic hydroxyl groups is 1. The van der Waals surface area contributed by atoms with E-state index < -0.39 is 12.7 Å². The number of hydrogen-bond acceptors (Lipinski definition) is 3. The smallest absolute Gasteiger partial charge is 0.397 e. The first-order chi connectivity index (χ1) is 7.83. The van der Waals surface area contributed by atoms with Gasteiger partial charge in [0, 0.05) is 6.54 Å². The van der Waals surface area contributed by atoms with Crippen LogP contribution in [0.15, 0.2) is 18.2 Å². The Morgan fingerprint density at radius 2 is 2.00 bits per heavy atom. The van der Waals surface area contributed by atoms with Gasteiger partial charge >= 0.3 is 6.18 Å². The Kier molecular flexibility index (Phi) is 4.22. The first-order valence-corrected chi connectivity index (χ1v) is 5.12. The molecule has 0 aliphatic rings. The Hall–Kier alpha value is -1.43. The molecule has 1 aromatic carbocycles. The average Bonchev–Trinajstić information content (AvgIpc) is 2.14. The van der Waals surface area contributed by atoms with Crippen LogP contribution >= 0.6 is 0 Å². The molecule has 0 radical (unpaired) electrons. The number of alkyl halides is 3. The van der Waals surface area contributed by atoms with Crippen molar-refractivity contribution in [2.45, 2.75) is 13.1 Å². The third-order valence-corrected chi connectivity index (χ3v) is 2.26. The van der Waals surface area contributed by atoms with E-state index in [2.05, 4.69) is 0 Å². The van der Waals surface area contributed by atoms with Gasteiger partial charge in [0.05, 0.1) is 18.0 Å². The maximum atomic E-state index is 12.4.